The second-order valence-electron chi connectivity index (χ2n) is 7.52. The molecule has 4 amide bonds. The van der Waals surface area contributed by atoms with E-state index in [0.29, 0.717) is 13.0 Å². The van der Waals surface area contributed by atoms with Crippen molar-refractivity contribution in [3.63, 3.8) is 0 Å². The van der Waals surface area contributed by atoms with E-state index in [1.165, 1.54) is 19.2 Å². The van der Waals surface area contributed by atoms with E-state index in [0.717, 1.165) is 6.07 Å². The van der Waals surface area contributed by atoms with Crippen molar-refractivity contribution < 1.29 is 37.1 Å². The van der Waals surface area contributed by atoms with E-state index in [2.05, 4.69) is 21.3 Å². The molecule has 1 saturated heterocycles. The number of carbonyl (C=O) groups excluding carboxylic acids is 5. The van der Waals surface area contributed by atoms with Gasteiger partial charge in [0, 0.05) is 25.9 Å². The Balaban J connectivity index is 2.28. The van der Waals surface area contributed by atoms with Crippen LogP contribution in [-0.4, -0.2) is 55.2 Å². The Bertz CT molecular complexity index is 1030. The number of rotatable bonds is 9. The third-order valence-electron chi connectivity index (χ3n) is 5.06. The molecule has 0 bridgehead atoms. The number of Topliss-reactive ketones (excluding diaryl/α,β-unsaturated/α-hetero) is 1. The van der Waals surface area contributed by atoms with Crippen LogP contribution in [0.4, 0.5) is 18.9 Å². The average molecular weight is 481 g/mol. The molecule has 0 spiro atoms. The van der Waals surface area contributed by atoms with Crippen LogP contribution in [-0.2, 0) is 19.2 Å². The summed E-state index contributed by atoms with van der Waals surface area (Å²) < 4.78 is 37.2. The lowest BCUT2D eigenvalue weighted by Crippen LogP contribution is -2.48. The first-order chi connectivity index (χ1) is 15.9. The fourth-order valence-electron chi connectivity index (χ4n) is 3.28. The number of hydrogen-bond donors (Lipinski definition) is 4. The summed E-state index contributed by atoms with van der Waals surface area (Å²) in [6, 6.07) is 3.88. The minimum atomic E-state index is -4.55. The second kappa shape index (κ2) is 11.3. The van der Waals surface area contributed by atoms with E-state index in [4.69, 9.17) is 5.26 Å². The van der Waals surface area contributed by atoms with Crippen LogP contribution in [0.3, 0.4) is 0 Å². The van der Waals surface area contributed by atoms with E-state index in [-0.39, 0.29) is 29.1 Å². The predicted octanol–water partition coefficient (Wildman–Crippen LogP) is 0.779. The number of anilines is 1. The van der Waals surface area contributed by atoms with Crippen molar-refractivity contribution in [1.82, 2.24) is 16.0 Å². The molecule has 0 saturated carbocycles. The minimum Gasteiger partial charge on any atom is -0.356 e. The van der Waals surface area contributed by atoms with Gasteiger partial charge < -0.3 is 21.3 Å². The zero-order valence-electron chi connectivity index (χ0n) is 18.0. The van der Waals surface area contributed by atoms with Gasteiger partial charge in [0.1, 0.15) is 0 Å². The van der Waals surface area contributed by atoms with Crippen LogP contribution in [0.25, 0.3) is 0 Å². The van der Waals surface area contributed by atoms with Gasteiger partial charge in [0.15, 0.2) is 0 Å². The van der Waals surface area contributed by atoms with E-state index >= 15 is 0 Å². The van der Waals surface area contributed by atoms with Gasteiger partial charge in [-0.3, -0.25) is 24.0 Å². The fraction of sp³-hybridized carbons (Fsp3) is 0.429. The lowest BCUT2D eigenvalue weighted by Gasteiger charge is -2.20. The number of hydrogen-bond acceptors (Lipinski definition) is 6. The summed E-state index contributed by atoms with van der Waals surface area (Å²) in [6.07, 6.45) is -6.60. The van der Waals surface area contributed by atoms with E-state index in [9.17, 15) is 37.1 Å². The number of ketones is 1. The molecule has 2 rings (SSSR count). The molecule has 1 aromatic carbocycles. The van der Waals surface area contributed by atoms with Crippen LogP contribution in [0, 0.1) is 17.2 Å². The molecule has 4 N–H and O–H groups in total. The summed E-state index contributed by atoms with van der Waals surface area (Å²) in [5, 5.41) is 18.4. The maximum atomic E-state index is 13.0. The highest BCUT2D eigenvalue weighted by Crippen LogP contribution is 2.23. The molecule has 1 fully saturated rings. The Hall–Kier alpha value is -3.95. The Morgan fingerprint density at radius 1 is 1.26 bits per heavy atom. The number of nitrogens with one attached hydrogen (secondary N) is 4. The SMILES string of the molecule is CNC(=O)C(=O)C(CC1CCNC1=O)NC(=O)c1cc(C#N)ccc1NC(=O)CCC(F)(F)F. The van der Waals surface area contributed by atoms with Crippen LogP contribution in [0.5, 0.6) is 0 Å². The standard InChI is InChI=1S/C21H22F3N5O5/c1-26-20(34)17(31)15(9-12-5-7-27-18(12)32)29-19(33)13-8-11(10-25)2-3-14(13)28-16(30)4-6-21(22,23)24/h2-3,8,12,15H,4-7,9H2,1H3,(H,26,34)(H,27,32)(H,28,30)(H,29,33). The number of alkyl halides is 3. The zero-order valence-corrected chi connectivity index (χ0v) is 18.0. The van der Waals surface area contributed by atoms with E-state index in [1.54, 1.807) is 6.07 Å². The van der Waals surface area contributed by atoms with Gasteiger partial charge in [-0.05, 0) is 31.0 Å². The topological polar surface area (TPSA) is 157 Å². The van der Waals surface area contributed by atoms with Gasteiger partial charge in [-0.25, -0.2) is 0 Å². The van der Waals surface area contributed by atoms with Crippen LogP contribution in [0.1, 0.15) is 41.6 Å². The molecule has 1 aliphatic rings. The summed E-state index contributed by atoms with van der Waals surface area (Å²) in [6.45, 7) is 0.372. The van der Waals surface area contributed by atoms with Gasteiger partial charge in [-0.2, -0.15) is 18.4 Å². The molecule has 2 unspecified atom stereocenters. The van der Waals surface area contributed by atoms with Crippen molar-refractivity contribution in [3.8, 4) is 6.07 Å². The van der Waals surface area contributed by atoms with Gasteiger partial charge >= 0.3 is 6.18 Å². The molecule has 0 radical (unpaired) electrons. The number of nitriles is 1. The monoisotopic (exact) mass is 481 g/mol. The lowest BCUT2D eigenvalue weighted by molar-refractivity contribution is -0.142. The Morgan fingerprint density at radius 3 is 2.53 bits per heavy atom. The van der Waals surface area contributed by atoms with E-state index < -0.39 is 54.5 Å². The van der Waals surface area contributed by atoms with Gasteiger partial charge in [0.2, 0.25) is 17.6 Å². The smallest absolute Gasteiger partial charge is 0.356 e. The van der Waals surface area contributed by atoms with Gasteiger partial charge in [0.25, 0.3) is 11.8 Å². The molecule has 10 nitrogen and oxygen atoms in total. The number of carbonyl (C=O) groups is 5. The Kier molecular flexibility index (Phi) is 8.71. The normalized spacial score (nSPS) is 16.1. The van der Waals surface area contributed by atoms with Crippen LogP contribution in [0.2, 0.25) is 0 Å². The maximum Gasteiger partial charge on any atom is 0.389 e. The fourth-order valence-corrected chi connectivity index (χ4v) is 3.28. The number of likely N-dealkylation sites (N-methyl/N-ethyl adjacent to an activating group) is 1. The predicted molar refractivity (Wildman–Crippen MR) is 111 cm³/mol. The first-order valence-corrected chi connectivity index (χ1v) is 10.2. The van der Waals surface area contributed by atoms with E-state index in [1.807, 2.05) is 0 Å². The first kappa shape index (κ1) is 26.3. The molecule has 1 heterocycles. The van der Waals surface area contributed by atoms with Crippen molar-refractivity contribution in [2.45, 2.75) is 37.9 Å². The molecule has 0 aromatic heterocycles. The molecule has 1 aromatic rings. The summed E-state index contributed by atoms with van der Waals surface area (Å²) >= 11 is 0. The average Bonchev–Trinajstić information content (AvgIpc) is 3.20. The lowest BCUT2D eigenvalue weighted by atomic mass is 9.95. The highest BCUT2D eigenvalue weighted by molar-refractivity contribution is 6.38. The molecule has 1 aliphatic heterocycles. The summed E-state index contributed by atoms with van der Waals surface area (Å²) in [5.74, 6) is -4.97. The summed E-state index contributed by atoms with van der Waals surface area (Å²) in [4.78, 5) is 61.3. The van der Waals surface area contributed by atoms with Gasteiger partial charge in [-0.15, -0.1) is 0 Å². The maximum absolute atomic E-state index is 13.0. The summed E-state index contributed by atoms with van der Waals surface area (Å²) in [7, 11) is 1.21. The van der Waals surface area contributed by atoms with Gasteiger partial charge in [0.05, 0.1) is 35.3 Å². The van der Waals surface area contributed by atoms with Crippen LogP contribution >= 0.6 is 0 Å². The molecule has 0 aliphatic carbocycles. The third-order valence-corrected chi connectivity index (χ3v) is 5.06. The second-order valence-corrected chi connectivity index (χ2v) is 7.52. The number of benzene rings is 1. The quantitative estimate of drug-likeness (QED) is 0.382. The molecule has 2 atom stereocenters. The largest absolute Gasteiger partial charge is 0.389 e. The van der Waals surface area contributed by atoms with Gasteiger partial charge in [-0.1, -0.05) is 0 Å². The van der Waals surface area contributed by atoms with Crippen LogP contribution < -0.4 is 21.3 Å². The molecular formula is C21H22F3N5O5. The van der Waals surface area contributed by atoms with Crippen molar-refractivity contribution >= 4 is 35.1 Å². The highest BCUT2D eigenvalue weighted by atomic mass is 19.4. The Labute approximate surface area is 192 Å². The van der Waals surface area contributed by atoms with Crippen LogP contribution in [0.15, 0.2) is 18.2 Å². The van der Waals surface area contributed by atoms with Crippen molar-refractivity contribution in [2.24, 2.45) is 5.92 Å². The third kappa shape index (κ3) is 7.29. The first-order valence-electron chi connectivity index (χ1n) is 10.2. The Morgan fingerprint density at radius 2 is 1.97 bits per heavy atom. The summed E-state index contributed by atoms with van der Waals surface area (Å²) in [5.41, 5.74) is -0.485. The minimum absolute atomic E-state index is 0.00258. The zero-order chi connectivity index (χ0) is 25.5. The van der Waals surface area contributed by atoms with Crippen molar-refractivity contribution in [3.05, 3.63) is 29.3 Å². The molecule has 182 valence electrons. The number of amides is 4. The number of halogens is 3. The highest BCUT2D eigenvalue weighted by Gasteiger charge is 2.34. The molecule has 34 heavy (non-hydrogen) atoms. The van der Waals surface area contributed by atoms with Crippen molar-refractivity contribution in [2.75, 3.05) is 18.9 Å². The van der Waals surface area contributed by atoms with Crippen molar-refractivity contribution in [1.29, 1.82) is 5.26 Å². The molecular weight excluding hydrogens is 459 g/mol. The molecule has 13 heteroatoms. The number of nitrogens with zero attached hydrogens (tertiary/aromatic N) is 1.